The first kappa shape index (κ1) is 20.3. The maximum atomic E-state index is 11.7. The maximum absolute atomic E-state index is 11.7. The van der Waals surface area contributed by atoms with E-state index in [9.17, 15) is 9.90 Å². The Hall–Kier alpha value is -1.71. The molecular weight excluding hydrogens is 304 g/mol. The first-order valence-electron chi connectivity index (χ1n) is 9.04. The van der Waals surface area contributed by atoms with Crippen molar-refractivity contribution < 1.29 is 19.4 Å². The van der Waals surface area contributed by atoms with Crippen LogP contribution < -0.4 is 4.74 Å². The van der Waals surface area contributed by atoms with Crippen molar-refractivity contribution in [1.82, 2.24) is 0 Å². The van der Waals surface area contributed by atoms with E-state index in [0.717, 1.165) is 37.2 Å². The molecule has 0 atom stereocenters. The highest BCUT2D eigenvalue weighted by Gasteiger charge is 2.05. The van der Waals surface area contributed by atoms with Crippen LogP contribution in [0.4, 0.5) is 0 Å². The minimum Gasteiger partial charge on any atom is -0.504 e. The van der Waals surface area contributed by atoms with Gasteiger partial charge < -0.3 is 14.6 Å². The number of esters is 1. The third-order valence-corrected chi connectivity index (χ3v) is 4.03. The summed E-state index contributed by atoms with van der Waals surface area (Å²) in [4.78, 5) is 11.7. The standard InChI is InChI=1S/C20H32O4/c1-16(2)9-6-4-5-7-11-20(22)24-14-8-10-17-12-13-18(21)19(15-17)23-3/h12-13,15-16,21H,4-11,14H2,1-3H3. The molecule has 1 aromatic rings. The minimum absolute atomic E-state index is 0.0952. The average Bonchev–Trinajstić information content (AvgIpc) is 2.55. The number of ether oxygens (including phenoxy) is 2. The summed E-state index contributed by atoms with van der Waals surface area (Å²) in [6.07, 6.45) is 7.84. The van der Waals surface area contributed by atoms with Crippen LogP contribution in [0.1, 0.15) is 64.4 Å². The largest absolute Gasteiger partial charge is 0.504 e. The summed E-state index contributed by atoms with van der Waals surface area (Å²) in [5.41, 5.74) is 1.06. The van der Waals surface area contributed by atoms with E-state index in [2.05, 4.69) is 13.8 Å². The molecule has 4 heteroatoms. The average molecular weight is 336 g/mol. The van der Waals surface area contributed by atoms with Crippen molar-refractivity contribution in [3.05, 3.63) is 23.8 Å². The number of benzene rings is 1. The molecule has 0 aromatic heterocycles. The van der Waals surface area contributed by atoms with Gasteiger partial charge in [0.15, 0.2) is 11.5 Å². The van der Waals surface area contributed by atoms with Crippen molar-refractivity contribution in [3.8, 4) is 11.5 Å². The molecule has 136 valence electrons. The Morgan fingerprint density at radius 3 is 2.58 bits per heavy atom. The lowest BCUT2D eigenvalue weighted by molar-refractivity contribution is -0.143. The summed E-state index contributed by atoms with van der Waals surface area (Å²) in [6.45, 7) is 4.92. The highest BCUT2D eigenvalue weighted by molar-refractivity contribution is 5.69. The van der Waals surface area contributed by atoms with Crippen LogP contribution in [-0.4, -0.2) is 24.8 Å². The van der Waals surface area contributed by atoms with Gasteiger partial charge in [0.05, 0.1) is 13.7 Å². The summed E-state index contributed by atoms with van der Waals surface area (Å²) >= 11 is 0. The van der Waals surface area contributed by atoms with Gasteiger partial charge in [0.1, 0.15) is 0 Å². The molecule has 4 nitrogen and oxygen atoms in total. The molecule has 1 N–H and O–H groups in total. The number of methoxy groups -OCH3 is 1. The van der Waals surface area contributed by atoms with Crippen molar-refractivity contribution in [2.45, 2.75) is 65.2 Å². The first-order chi connectivity index (χ1) is 11.5. The number of rotatable bonds is 12. The van der Waals surface area contributed by atoms with Gasteiger partial charge in [0.25, 0.3) is 0 Å². The summed E-state index contributed by atoms with van der Waals surface area (Å²) in [5, 5.41) is 9.55. The molecule has 0 bridgehead atoms. The van der Waals surface area contributed by atoms with Crippen LogP contribution in [0.3, 0.4) is 0 Å². The number of carbonyl (C=O) groups is 1. The Morgan fingerprint density at radius 1 is 1.12 bits per heavy atom. The summed E-state index contributed by atoms with van der Waals surface area (Å²) < 4.78 is 10.3. The Morgan fingerprint density at radius 2 is 1.88 bits per heavy atom. The van der Waals surface area contributed by atoms with Crippen LogP contribution in [0.25, 0.3) is 0 Å². The Labute approximate surface area is 146 Å². The lowest BCUT2D eigenvalue weighted by Gasteiger charge is -2.08. The van der Waals surface area contributed by atoms with E-state index in [0.29, 0.717) is 18.8 Å². The zero-order valence-electron chi connectivity index (χ0n) is 15.3. The van der Waals surface area contributed by atoms with Gasteiger partial charge in [0.2, 0.25) is 0 Å². The highest BCUT2D eigenvalue weighted by atomic mass is 16.5. The Bertz CT molecular complexity index is 483. The molecule has 0 unspecified atom stereocenters. The SMILES string of the molecule is COc1cc(CCCOC(=O)CCCCCCC(C)C)ccc1O. The molecule has 0 aliphatic rings. The number of carbonyl (C=O) groups excluding carboxylic acids is 1. The second-order valence-corrected chi connectivity index (χ2v) is 6.68. The molecule has 1 rings (SSSR count). The Balaban J connectivity index is 2.07. The predicted molar refractivity (Wildman–Crippen MR) is 96.5 cm³/mol. The van der Waals surface area contributed by atoms with E-state index in [1.54, 1.807) is 6.07 Å². The van der Waals surface area contributed by atoms with Crippen LogP contribution in [0.5, 0.6) is 11.5 Å². The van der Waals surface area contributed by atoms with Gasteiger partial charge in [-0.25, -0.2) is 0 Å². The fourth-order valence-corrected chi connectivity index (χ4v) is 2.59. The molecule has 0 aliphatic heterocycles. The smallest absolute Gasteiger partial charge is 0.305 e. The number of hydrogen-bond donors (Lipinski definition) is 1. The topological polar surface area (TPSA) is 55.8 Å². The van der Waals surface area contributed by atoms with E-state index in [1.807, 2.05) is 12.1 Å². The zero-order chi connectivity index (χ0) is 17.8. The lowest BCUT2D eigenvalue weighted by atomic mass is 10.0. The molecule has 24 heavy (non-hydrogen) atoms. The second-order valence-electron chi connectivity index (χ2n) is 6.68. The van der Waals surface area contributed by atoms with E-state index in [4.69, 9.17) is 9.47 Å². The number of phenols is 1. The molecule has 0 fully saturated rings. The van der Waals surface area contributed by atoms with Crippen molar-refractivity contribution >= 4 is 5.97 Å². The van der Waals surface area contributed by atoms with Gasteiger partial charge in [-0.2, -0.15) is 0 Å². The van der Waals surface area contributed by atoms with E-state index in [-0.39, 0.29) is 11.7 Å². The van der Waals surface area contributed by atoms with Crippen molar-refractivity contribution in [2.24, 2.45) is 5.92 Å². The number of phenolic OH excluding ortho intramolecular Hbond substituents is 1. The highest BCUT2D eigenvalue weighted by Crippen LogP contribution is 2.26. The first-order valence-corrected chi connectivity index (χ1v) is 9.04. The molecule has 0 spiro atoms. The summed E-state index contributed by atoms with van der Waals surface area (Å²) in [6, 6.07) is 5.30. The van der Waals surface area contributed by atoms with Crippen LogP contribution in [0, 0.1) is 5.92 Å². The molecule has 1 aromatic carbocycles. The van der Waals surface area contributed by atoms with Crippen molar-refractivity contribution in [1.29, 1.82) is 0 Å². The van der Waals surface area contributed by atoms with E-state index >= 15 is 0 Å². The molecule has 0 heterocycles. The van der Waals surface area contributed by atoms with Gasteiger partial charge in [0, 0.05) is 6.42 Å². The third kappa shape index (κ3) is 8.80. The van der Waals surface area contributed by atoms with Crippen LogP contribution in [-0.2, 0) is 16.0 Å². The minimum atomic E-state index is -0.0952. The molecule has 0 radical (unpaired) electrons. The van der Waals surface area contributed by atoms with Crippen LogP contribution in [0.2, 0.25) is 0 Å². The predicted octanol–water partition coefficient (Wildman–Crippen LogP) is 4.87. The number of aryl methyl sites for hydroxylation is 1. The molecule has 0 saturated heterocycles. The maximum Gasteiger partial charge on any atom is 0.305 e. The normalized spacial score (nSPS) is 10.8. The quantitative estimate of drug-likeness (QED) is 0.437. The van der Waals surface area contributed by atoms with Gasteiger partial charge in [-0.1, -0.05) is 45.6 Å². The van der Waals surface area contributed by atoms with Gasteiger partial charge in [-0.3, -0.25) is 4.79 Å². The van der Waals surface area contributed by atoms with Gasteiger partial charge in [-0.15, -0.1) is 0 Å². The number of aromatic hydroxyl groups is 1. The lowest BCUT2D eigenvalue weighted by Crippen LogP contribution is -2.06. The molecule has 0 aliphatic carbocycles. The summed E-state index contributed by atoms with van der Waals surface area (Å²) in [7, 11) is 1.53. The molecule has 0 saturated carbocycles. The second kappa shape index (κ2) is 11.8. The van der Waals surface area contributed by atoms with Crippen molar-refractivity contribution in [2.75, 3.05) is 13.7 Å². The number of unbranched alkanes of at least 4 members (excludes halogenated alkanes) is 3. The fourth-order valence-electron chi connectivity index (χ4n) is 2.59. The molecule has 0 amide bonds. The number of hydrogen-bond acceptors (Lipinski definition) is 4. The fraction of sp³-hybridized carbons (Fsp3) is 0.650. The Kier molecular flexibility index (Phi) is 9.97. The summed E-state index contributed by atoms with van der Waals surface area (Å²) in [5.74, 6) is 1.29. The van der Waals surface area contributed by atoms with Crippen LogP contribution in [0.15, 0.2) is 18.2 Å². The van der Waals surface area contributed by atoms with Gasteiger partial charge >= 0.3 is 5.97 Å². The van der Waals surface area contributed by atoms with E-state index < -0.39 is 0 Å². The monoisotopic (exact) mass is 336 g/mol. The zero-order valence-corrected chi connectivity index (χ0v) is 15.3. The van der Waals surface area contributed by atoms with Crippen molar-refractivity contribution in [3.63, 3.8) is 0 Å². The van der Waals surface area contributed by atoms with E-state index in [1.165, 1.54) is 26.4 Å². The third-order valence-electron chi connectivity index (χ3n) is 4.03. The van der Waals surface area contributed by atoms with Gasteiger partial charge in [-0.05, 0) is 42.9 Å². The van der Waals surface area contributed by atoms with Crippen LogP contribution >= 0.6 is 0 Å². The molecular formula is C20H32O4.